The molecule has 0 unspecified atom stereocenters. The number of benzene rings is 2. The lowest BCUT2D eigenvalue weighted by Crippen LogP contribution is -2.38. The maximum Gasteiger partial charge on any atom is 0.329 e. The number of para-hydroxylation sites is 2. The zero-order valence-electron chi connectivity index (χ0n) is 15.9. The van der Waals surface area contributed by atoms with Crippen molar-refractivity contribution in [2.75, 3.05) is 19.0 Å². The second-order valence-corrected chi connectivity index (χ2v) is 7.10. The molecule has 1 fully saturated rings. The van der Waals surface area contributed by atoms with Crippen molar-refractivity contribution in [3.05, 3.63) is 62.2 Å². The van der Waals surface area contributed by atoms with Gasteiger partial charge in [-0.05, 0) is 34.1 Å². The summed E-state index contributed by atoms with van der Waals surface area (Å²) in [6.07, 6.45) is 1.09. The summed E-state index contributed by atoms with van der Waals surface area (Å²) in [4.78, 5) is 48.1. The van der Waals surface area contributed by atoms with Crippen molar-refractivity contribution in [2.45, 2.75) is 0 Å². The van der Waals surface area contributed by atoms with Crippen LogP contribution in [0.2, 0.25) is 0 Å². The van der Waals surface area contributed by atoms with Crippen LogP contribution in [0.4, 0.5) is 16.2 Å². The molecule has 31 heavy (non-hydrogen) atoms. The molecule has 0 atom stereocenters. The summed E-state index contributed by atoms with van der Waals surface area (Å²) in [6.45, 7) is -0.579. The number of non-ortho nitro benzene ring substituents is 1. The summed E-state index contributed by atoms with van der Waals surface area (Å²) in [5, 5.41) is 26.0. The quantitative estimate of drug-likeness (QED) is 0.243. The van der Waals surface area contributed by atoms with Crippen LogP contribution in [0.25, 0.3) is 6.08 Å². The molecule has 0 aromatic heterocycles. The highest BCUT2D eigenvalue weighted by atomic mass is 79.9. The topological polar surface area (TPSA) is 151 Å². The average molecular weight is 491 g/mol. The van der Waals surface area contributed by atoms with Crippen molar-refractivity contribution in [1.82, 2.24) is 10.2 Å². The third-order valence-corrected chi connectivity index (χ3v) is 4.84. The molecule has 1 heterocycles. The number of amides is 4. The second kappa shape index (κ2) is 8.83. The molecule has 1 saturated heterocycles. The molecule has 2 aromatic rings. The molecule has 3 N–H and O–H groups in total. The molecule has 0 aliphatic carbocycles. The highest BCUT2D eigenvalue weighted by Gasteiger charge is 2.35. The lowest BCUT2D eigenvalue weighted by molar-refractivity contribution is -0.385. The van der Waals surface area contributed by atoms with Gasteiger partial charge in [-0.2, -0.15) is 0 Å². The van der Waals surface area contributed by atoms with E-state index in [-0.39, 0.29) is 27.2 Å². The first-order valence-electron chi connectivity index (χ1n) is 8.65. The van der Waals surface area contributed by atoms with Crippen LogP contribution in [0.1, 0.15) is 5.56 Å². The van der Waals surface area contributed by atoms with Gasteiger partial charge in [-0.25, -0.2) is 9.69 Å². The van der Waals surface area contributed by atoms with Crippen molar-refractivity contribution in [2.24, 2.45) is 0 Å². The van der Waals surface area contributed by atoms with E-state index in [9.17, 15) is 29.6 Å². The highest BCUT2D eigenvalue weighted by molar-refractivity contribution is 9.10. The number of nitrogens with one attached hydrogen (secondary N) is 2. The van der Waals surface area contributed by atoms with E-state index in [1.807, 2.05) is 0 Å². The number of nitro groups is 1. The smallest absolute Gasteiger partial charge is 0.329 e. The number of ether oxygens (including phenoxy) is 1. The average Bonchev–Trinajstić information content (AvgIpc) is 2.98. The molecule has 160 valence electrons. The monoisotopic (exact) mass is 490 g/mol. The first-order chi connectivity index (χ1) is 14.7. The van der Waals surface area contributed by atoms with Gasteiger partial charge in [0.05, 0.1) is 22.2 Å². The Balaban J connectivity index is 1.80. The van der Waals surface area contributed by atoms with Gasteiger partial charge in [-0.3, -0.25) is 19.7 Å². The van der Waals surface area contributed by atoms with Gasteiger partial charge in [0.25, 0.3) is 11.6 Å². The molecule has 1 aliphatic rings. The van der Waals surface area contributed by atoms with Crippen LogP contribution in [-0.4, -0.2) is 46.4 Å². The van der Waals surface area contributed by atoms with E-state index in [0.29, 0.717) is 16.3 Å². The van der Waals surface area contributed by atoms with E-state index >= 15 is 0 Å². The Hall–Kier alpha value is -3.93. The lowest BCUT2D eigenvalue weighted by atomic mass is 10.1. The molecule has 0 saturated carbocycles. The summed E-state index contributed by atoms with van der Waals surface area (Å²) < 4.78 is 5.17. The third kappa shape index (κ3) is 4.64. The first kappa shape index (κ1) is 21.8. The Kier molecular flexibility index (Phi) is 6.20. The number of imide groups is 1. The van der Waals surface area contributed by atoms with E-state index < -0.39 is 29.3 Å². The number of methoxy groups -OCH3 is 1. The SMILES string of the molecule is COc1ccccc1NC(=O)CN1C(=O)N/C(=C/c2cc([N+](=O)[O-])cc(Br)c2O)C1=O. The molecule has 0 bridgehead atoms. The van der Waals surface area contributed by atoms with Crippen LogP contribution in [0.3, 0.4) is 0 Å². The van der Waals surface area contributed by atoms with Crippen LogP contribution >= 0.6 is 15.9 Å². The molecule has 1 aliphatic heterocycles. The number of phenolic OH excluding ortho intramolecular Hbond substituents is 1. The van der Waals surface area contributed by atoms with Crippen LogP contribution in [0.15, 0.2) is 46.6 Å². The number of hydrogen-bond acceptors (Lipinski definition) is 7. The van der Waals surface area contributed by atoms with Gasteiger partial charge in [0.2, 0.25) is 5.91 Å². The number of carbonyl (C=O) groups excluding carboxylic acids is 3. The van der Waals surface area contributed by atoms with Crippen LogP contribution in [0.5, 0.6) is 11.5 Å². The minimum absolute atomic E-state index is 0.0402. The molecule has 3 rings (SSSR count). The van der Waals surface area contributed by atoms with Gasteiger partial charge in [-0.15, -0.1) is 0 Å². The number of urea groups is 1. The summed E-state index contributed by atoms with van der Waals surface area (Å²) in [6, 6.07) is 7.91. The van der Waals surface area contributed by atoms with E-state index in [1.165, 1.54) is 7.11 Å². The largest absolute Gasteiger partial charge is 0.506 e. The zero-order chi connectivity index (χ0) is 22.7. The number of hydrogen-bond donors (Lipinski definition) is 3. The standard InChI is InChI=1S/C19H15BrN4O7/c1-31-15-5-3-2-4-13(15)21-16(25)9-23-18(27)14(22-19(23)28)7-10-6-11(24(29)30)8-12(20)17(10)26/h2-8,26H,9H2,1H3,(H,21,25)(H,22,28)/b14-7+. The predicted octanol–water partition coefficient (Wildman–Crippen LogP) is 2.60. The minimum Gasteiger partial charge on any atom is -0.506 e. The fourth-order valence-corrected chi connectivity index (χ4v) is 3.24. The summed E-state index contributed by atoms with van der Waals surface area (Å²) in [5.41, 5.74) is -0.284. The van der Waals surface area contributed by atoms with Crippen molar-refractivity contribution >= 4 is 51.2 Å². The number of nitro benzene ring substituents is 1. The fraction of sp³-hybridized carbons (Fsp3) is 0.105. The van der Waals surface area contributed by atoms with Crippen molar-refractivity contribution in [3.8, 4) is 11.5 Å². The molecule has 11 nitrogen and oxygen atoms in total. The summed E-state index contributed by atoms with van der Waals surface area (Å²) >= 11 is 3.00. The normalized spacial score (nSPS) is 14.5. The molecule has 4 amide bonds. The Labute approximate surface area is 183 Å². The maximum atomic E-state index is 12.6. The fourth-order valence-electron chi connectivity index (χ4n) is 2.77. The van der Waals surface area contributed by atoms with Crippen molar-refractivity contribution < 1.29 is 29.2 Å². The number of nitrogens with zero attached hydrogens (tertiary/aromatic N) is 2. The van der Waals surface area contributed by atoms with E-state index in [0.717, 1.165) is 18.2 Å². The number of phenols is 1. The van der Waals surface area contributed by atoms with E-state index in [2.05, 4.69) is 26.6 Å². The van der Waals surface area contributed by atoms with Gasteiger partial charge in [-0.1, -0.05) is 12.1 Å². The van der Waals surface area contributed by atoms with Crippen LogP contribution < -0.4 is 15.4 Å². The number of aromatic hydroxyl groups is 1. The summed E-state index contributed by atoms with van der Waals surface area (Å²) in [7, 11) is 1.43. The Bertz CT molecular complexity index is 1130. The number of anilines is 1. The second-order valence-electron chi connectivity index (χ2n) is 6.25. The van der Waals surface area contributed by atoms with Gasteiger partial charge in [0.15, 0.2) is 0 Å². The predicted molar refractivity (Wildman–Crippen MR) is 112 cm³/mol. The Morgan fingerprint density at radius 1 is 1.35 bits per heavy atom. The van der Waals surface area contributed by atoms with Crippen molar-refractivity contribution in [3.63, 3.8) is 0 Å². The summed E-state index contributed by atoms with van der Waals surface area (Å²) in [5.74, 6) is -1.43. The number of rotatable bonds is 6. The third-order valence-electron chi connectivity index (χ3n) is 4.23. The van der Waals surface area contributed by atoms with Crippen molar-refractivity contribution in [1.29, 1.82) is 0 Å². The van der Waals surface area contributed by atoms with E-state index in [1.54, 1.807) is 24.3 Å². The van der Waals surface area contributed by atoms with E-state index in [4.69, 9.17) is 4.74 Å². The molecule has 2 aromatic carbocycles. The van der Waals surface area contributed by atoms with Gasteiger partial charge in [0.1, 0.15) is 23.7 Å². The van der Waals surface area contributed by atoms with Gasteiger partial charge >= 0.3 is 6.03 Å². The lowest BCUT2D eigenvalue weighted by Gasteiger charge is -2.13. The maximum absolute atomic E-state index is 12.6. The first-order valence-corrected chi connectivity index (χ1v) is 9.45. The zero-order valence-corrected chi connectivity index (χ0v) is 17.5. The Morgan fingerprint density at radius 2 is 2.06 bits per heavy atom. The van der Waals surface area contributed by atoms with Crippen LogP contribution in [0, 0.1) is 10.1 Å². The molecule has 0 radical (unpaired) electrons. The van der Waals surface area contributed by atoms with Crippen LogP contribution in [-0.2, 0) is 9.59 Å². The molecular formula is C19H15BrN4O7. The minimum atomic E-state index is -0.851. The van der Waals surface area contributed by atoms with Gasteiger partial charge < -0.3 is 20.5 Å². The number of halogens is 1. The molecule has 12 heteroatoms. The van der Waals surface area contributed by atoms with Gasteiger partial charge in [0, 0.05) is 17.7 Å². The molecule has 0 spiro atoms. The Morgan fingerprint density at radius 3 is 2.74 bits per heavy atom. The number of carbonyl (C=O) groups is 3. The highest BCUT2D eigenvalue weighted by Crippen LogP contribution is 2.34. The molecular weight excluding hydrogens is 476 g/mol.